The van der Waals surface area contributed by atoms with Crippen LogP contribution in [-0.4, -0.2) is 22.0 Å². The Morgan fingerprint density at radius 1 is 1.16 bits per heavy atom. The maximum absolute atomic E-state index is 13.4. The summed E-state index contributed by atoms with van der Waals surface area (Å²) in [6.07, 6.45) is 3.37. The molecular formula is C24H20ClN3O2S. The molecule has 0 bridgehead atoms. The first-order valence-electron chi connectivity index (χ1n) is 10.2. The van der Waals surface area contributed by atoms with E-state index < -0.39 is 0 Å². The zero-order chi connectivity index (χ0) is 21.5. The molecule has 1 aliphatic rings. The molecule has 1 amide bonds. The van der Waals surface area contributed by atoms with Crippen molar-refractivity contribution in [3.8, 4) is 11.1 Å². The monoisotopic (exact) mass is 449 g/mol. The number of carbonyl (C=O) groups excluding carboxylic acids is 1. The number of para-hydroxylation sites is 1. The Balaban J connectivity index is 1.54. The van der Waals surface area contributed by atoms with Gasteiger partial charge in [-0.3, -0.25) is 14.2 Å². The van der Waals surface area contributed by atoms with Crippen LogP contribution < -0.4 is 10.5 Å². The summed E-state index contributed by atoms with van der Waals surface area (Å²) in [7, 11) is 0. The van der Waals surface area contributed by atoms with E-state index in [2.05, 4.69) is 11.1 Å². The topological polar surface area (TPSA) is 55.2 Å². The van der Waals surface area contributed by atoms with E-state index in [1.165, 1.54) is 27.8 Å². The van der Waals surface area contributed by atoms with Crippen molar-refractivity contribution in [1.29, 1.82) is 0 Å². The third kappa shape index (κ3) is 3.56. The number of fused-ring (bicyclic) bond motifs is 2. The van der Waals surface area contributed by atoms with Crippen LogP contribution in [0, 0.1) is 6.92 Å². The van der Waals surface area contributed by atoms with Crippen LogP contribution >= 0.6 is 22.9 Å². The van der Waals surface area contributed by atoms with E-state index in [9.17, 15) is 9.59 Å². The summed E-state index contributed by atoms with van der Waals surface area (Å²) in [6, 6.07) is 15.4. The van der Waals surface area contributed by atoms with Crippen LogP contribution in [0.5, 0.6) is 0 Å². The Morgan fingerprint density at radius 2 is 1.94 bits per heavy atom. The van der Waals surface area contributed by atoms with Crippen molar-refractivity contribution in [2.75, 3.05) is 11.4 Å². The number of hydrogen-bond donors (Lipinski definition) is 0. The van der Waals surface area contributed by atoms with Gasteiger partial charge in [0.2, 0.25) is 5.91 Å². The van der Waals surface area contributed by atoms with Gasteiger partial charge in [0.25, 0.3) is 5.56 Å². The predicted octanol–water partition coefficient (Wildman–Crippen LogP) is 5.07. The average Bonchev–Trinajstić information content (AvgIpc) is 3.12. The Hall–Kier alpha value is -2.96. The van der Waals surface area contributed by atoms with Crippen molar-refractivity contribution < 1.29 is 4.79 Å². The molecule has 1 aliphatic heterocycles. The second-order valence-corrected chi connectivity index (χ2v) is 9.32. The molecular weight excluding hydrogens is 430 g/mol. The van der Waals surface area contributed by atoms with Gasteiger partial charge in [0, 0.05) is 27.7 Å². The number of aryl methyl sites for hydroxylation is 2. The Bertz CT molecular complexity index is 1360. The minimum Gasteiger partial charge on any atom is -0.311 e. The number of hydrogen-bond acceptors (Lipinski definition) is 4. The smallest absolute Gasteiger partial charge is 0.263 e. The van der Waals surface area contributed by atoms with Gasteiger partial charge in [0.05, 0.1) is 11.7 Å². The normalized spacial score (nSPS) is 13.4. The van der Waals surface area contributed by atoms with Crippen LogP contribution in [0.2, 0.25) is 5.02 Å². The molecule has 2 aromatic heterocycles. The molecule has 0 N–H and O–H groups in total. The summed E-state index contributed by atoms with van der Waals surface area (Å²) >= 11 is 7.52. The number of amides is 1. The van der Waals surface area contributed by atoms with Gasteiger partial charge in [-0.15, -0.1) is 11.3 Å². The Morgan fingerprint density at radius 3 is 2.74 bits per heavy atom. The highest BCUT2D eigenvalue weighted by molar-refractivity contribution is 7.19. The van der Waals surface area contributed by atoms with E-state index >= 15 is 0 Å². The van der Waals surface area contributed by atoms with Crippen molar-refractivity contribution >= 4 is 44.7 Å². The summed E-state index contributed by atoms with van der Waals surface area (Å²) in [5, 5.41) is 1.20. The zero-order valence-corrected chi connectivity index (χ0v) is 18.5. The van der Waals surface area contributed by atoms with Gasteiger partial charge in [0.15, 0.2) is 0 Å². The average molecular weight is 450 g/mol. The lowest BCUT2D eigenvalue weighted by Crippen LogP contribution is -2.39. The van der Waals surface area contributed by atoms with E-state index in [0.717, 1.165) is 34.5 Å². The molecule has 0 aliphatic carbocycles. The fraction of sp³-hybridized carbons (Fsp3) is 0.208. The number of halogens is 1. The molecule has 0 fully saturated rings. The lowest BCUT2D eigenvalue weighted by Gasteiger charge is -2.29. The highest BCUT2D eigenvalue weighted by Crippen LogP contribution is 2.36. The molecule has 2 aromatic carbocycles. The van der Waals surface area contributed by atoms with Gasteiger partial charge >= 0.3 is 0 Å². The molecule has 0 unspecified atom stereocenters. The summed E-state index contributed by atoms with van der Waals surface area (Å²) in [5.74, 6) is -0.101. The lowest BCUT2D eigenvalue weighted by molar-refractivity contribution is -0.119. The molecule has 31 heavy (non-hydrogen) atoms. The number of anilines is 1. The first-order valence-corrected chi connectivity index (χ1v) is 11.3. The maximum atomic E-state index is 13.4. The predicted molar refractivity (Wildman–Crippen MR) is 126 cm³/mol. The second kappa shape index (κ2) is 7.94. The van der Waals surface area contributed by atoms with E-state index in [4.69, 9.17) is 11.6 Å². The van der Waals surface area contributed by atoms with Crippen molar-refractivity contribution in [2.24, 2.45) is 0 Å². The molecule has 4 aromatic rings. The number of benzene rings is 2. The van der Waals surface area contributed by atoms with Crippen LogP contribution in [0.25, 0.3) is 21.3 Å². The van der Waals surface area contributed by atoms with Gasteiger partial charge < -0.3 is 4.90 Å². The summed E-state index contributed by atoms with van der Waals surface area (Å²) in [5.41, 5.74) is 3.69. The standard InChI is InChI=1S/C24H20ClN3O2S/c1-15-21(17-8-10-18(25)11-9-17)22-23(31-15)26-14-27(24(22)30)13-20(29)28-12-4-6-16-5-2-3-7-19(16)28/h2-3,5,7-11,14H,4,6,12-13H2,1H3. The largest absolute Gasteiger partial charge is 0.311 e. The maximum Gasteiger partial charge on any atom is 0.263 e. The molecule has 0 spiro atoms. The van der Waals surface area contributed by atoms with Crippen LogP contribution in [0.15, 0.2) is 59.7 Å². The van der Waals surface area contributed by atoms with Gasteiger partial charge in [0.1, 0.15) is 11.4 Å². The molecule has 0 radical (unpaired) electrons. The van der Waals surface area contributed by atoms with Gasteiger partial charge in [-0.25, -0.2) is 4.98 Å². The van der Waals surface area contributed by atoms with Crippen molar-refractivity contribution in [2.45, 2.75) is 26.3 Å². The molecule has 0 saturated heterocycles. The molecule has 156 valence electrons. The first-order chi connectivity index (χ1) is 15.0. The number of thiophene rings is 1. The Labute approximate surface area is 188 Å². The van der Waals surface area contributed by atoms with Gasteiger partial charge in [-0.2, -0.15) is 0 Å². The number of aromatic nitrogens is 2. The van der Waals surface area contributed by atoms with E-state index in [1.54, 1.807) is 4.90 Å². The molecule has 0 atom stereocenters. The minimum absolute atomic E-state index is 0.0366. The SMILES string of the molecule is Cc1sc2ncn(CC(=O)N3CCCc4ccccc43)c(=O)c2c1-c1ccc(Cl)cc1. The van der Waals surface area contributed by atoms with Crippen molar-refractivity contribution in [3.05, 3.63) is 80.7 Å². The van der Waals surface area contributed by atoms with Crippen LogP contribution in [0.1, 0.15) is 16.9 Å². The minimum atomic E-state index is -0.196. The number of nitrogens with zero attached hydrogens (tertiary/aromatic N) is 3. The fourth-order valence-corrected chi connectivity index (χ4v) is 5.37. The van der Waals surface area contributed by atoms with Crippen molar-refractivity contribution in [1.82, 2.24) is 9.55 Å². The van der Waals surface area contributed by atoms with Crippen LogP contribution in [0.3, 0.4) is 0 Å². The molecule has 7 heteroatoms. The highest BCUT2D eigenvalue weighted by Gasteiger charge is 2.24. The lowest BCUT2D eigenvalue weighted by atomic mass is 10.0. The third-order valence-corrected chi connectivity index (χ3v) is 6.97. The van der Waals surface area contributed by atoms with Crippen LogP contribution in [-0.2, 0) is 17.8 Å². The Kier molecular flexibility index (Phi) is 5.12. The fourth-order valence-electron chi connectivity index (χ4n) is 4.24. The summed E-state index contributed by atoms with van der Waals surface area (Å²) in [6.45, 7) is 2.61. The van der Waals surface area contributed by atoms with E-state index in [-0.39, 0.29) is 18.0 Å². The quantitative estimate of drug-likeness (QED) is 0.439. The van der Waals surface area contributed by atoms with Crippen molar-refractivity contribution in [3.63, 3.8) is 0 Å². The molecule has 0 saturated carbocycles. The van der Waals surface area contributed by atoms with Crippen LogP contribution in [0.4, 0.5) is 5.69 Å². The number of rotatable bonds is 3. The van der Waals surface area contributed by atoms with Gasteiger partial charge in [-0.05, 0) is 49.1 Å². The van der Waals surface area contributed by atoms with E-state index in [1.807, 2.05) is 49.4 Å². The molecule has 5 rings (SSSR count). The first kappa shape index (κ1) is 20.0. The van der Waals surface area contributed by atoms with E-state index in [0.29, 0.717) is 21.8 Å². The second-order valence-electron chi connectivity index (χ2n) is 7.68. The summed E-state index contributed by atoms with van der Waals surface area (Å²) < 4.78 is 1.42. The summed E-state index contributed by atoms with van der Waals surface area (Å²) in [4.78, 5) is 34.5. The number of carbonyl (C=O) groups is 1. The molecule has 3 heterocycles. The highest BCUT2D eigenvalue weighted by atomic mass is 35.5. The van der Waals surface area contributed by atoms with Gasteiger partial charge in [-0.1, -0.05) is 41.9 Å². The molecule has 5 nitrogen and oxygen atoms in total. The third-order valence-electron chi connectivity index (χ3n) is 5.70. The zero-order valence-electron chi connectivity index (χ0n) is 17.0.